The zero-order valence-corrected chi connectivity index (χ0v) is 12.4. The molecule has 1 aliphatic rings. The summed E-state index contributed by atoms with van der Waals surface area (Å²) in [6, 6.07) is 5.70. The van der Waals surface area contributed by atoms with Crippen molar-refractivity contribution in [3.05, 3.63) is 55.4 Å². The predicted molar refractivity (Wildman–Crippen MR) is 83.8 cm³/mol. The molecule has 1 fully saturated rings. The summed E-state index contributed by atoms with van der Waals surface area (Å²) in [7, 11) is 0. The molecule has 4 nitrogen and oxygen atoms in total. The molecule has 2 amide bonds. The maximum absolute atomic E-state index is 13.0. The van der Waals surface area contributed by atoms with Gasteiger partial charge in [0.2, 0.25) is 11.8 Å². The van der Waals surface area contributed by atoms with Gasteiger partial charge in [0.15, 0.2) is 0 Å². The first-order valence-corrected chi connectivity index (χ1v) is 7.13. The first-order chi connectivity index (χ1) is 10.6. The van der Waals surface area contributed by atoms with Crippen molar-refractivity contribution in [2.24, 2.45) is 5.92 Å². The normalized spacial score (nSPS) is 17.4. The summed E-state index contributed by atoms with van der Waals surface area (Å²) in [6.45, 7) is 8.43. The average molecular weight is 302 g/mol. The average Bonchev–Trinajstić information content (AvgIpc) is 2.89. The molecule has 0 unspecified atom stereocenters. The lowest BCUT2D eigenvalue weighted by molar-refractivity contribution is -0.134. The molecule has 0 N–H and O–H groups in total. The van der Waals surface area contributed by atoms with Gasteiger partial charge >= 0.3 is 0 Å². The van der Waals surface area contributed by atoms with E-state index in [9.17, 15) is 14.0 Å². The third-order valence-electron chi connectivity index (χ3n) is 3.62. The Morgan fingerprint density at radius 2 is 1.86 bits per heavy atom. The van der Waals surface area contributed by atoms with Crippen LogP contribution in [0.1, 0.15) is 6.42 Å². The number of hydrogen-bond acceptors (Lipinski definition) is 2. The summed E-state index contributed by atoms with van der Waals surface area (Å²) in [5.74, 6) is -0.955. The number of benzene rings is 1. The number of hydrogen-bond donors (Lipinski definition) is 0. The Morgan fingerprint density at radius 3 is 2.41 bits per heavy atom. The molecule has 0 aliphatic carbocycles. The fourth-order valence-corrected chi connectivity index (χ4v) is 2.57. The molecule has 1 aliphatic heterocycles. The minimum absolute atomic E-state index is 0.0854. The molecule has 1 atom stereocenters. The highest BCUT2D eigenvalue weighted by atomic mass is 19.1. The van der Waals surface area contributed by atoms with Crippen LogP contribution in [0.4, 0.5) is 10.1 Å². The van der Waals surface area contributed by atoms with Crippen LogP contribution in [0.5, 0.6) is 0 Å². The van der Waals surface area contributed by atoms with Crippen LogP contribution in [0.25, 0.3) is 0 Å². The van der Waals surface area contributed by atoms with E-state index in [-0.39, 0.29) is 24.1 Å². The van der Waals surface area contributed by atoms with E-state index in [1.165, 1.54) is 17.0 Å². The number of amides is 2. The van der Waals surface area contributed by atoms with Crippen molar-refractivity contribution in [1.82, 2.24) is 4.90 Å². The second-order valence-electron chi connectivity index (χ2n) is 5.20. The van der Waals surface area contributed by atoms with Gasteiger partial charge < -0.3 is 9.80 Å². The molecule has 22 heavy (non-hydrogen) atoms. The molecule has 2 rings (SSSR count). The summed E-state index contributed by atoms with van der Waals surface area (Å²) >= 11 is 0. The van der Waals surface area contributed by atoms with Gasteiger partial charge in [-0.1, -0.05) is 12.2 Å². The van der Waals surface area contributed by atoms with E-state index < -0.39 is 5.92 Å². The summed E-state index contributed by atoms with van der Waals surface area (Å²) < 4.78 is 13.0. The van der Waals surface area contributed by atoms with Crippen LogP contribution in [-0.4, -0.2) is 36.3 Å². The largest absolute Gasteiger partial charge is 0.335 e. The Balaban J connectivity index is 2.10. The maximum atomic E-state index is 13.0. The third-order valence-corrected chi connectivity index (χ3v) is 3.62. The Labute approximate surface area is 129 Å². The van der Waals surface area contributed by atoms with Gasteiger partial charge in [0.25, 0.3) is 0 Å². The second kappa shape index (κ2) is 7.02. The van der Waals surface area contributed by atoms with Crippen molar-refractivity contribution in [1.29, 1.82) is 0 Å². The fraction of sp³-hybridized carbons (Fsp3) is 0.294. The van der Waals surface area contributed by atoms with E-state index in [0.717, 1.165) is 0 Å². The molecule has 0 spiro atoms. The summed E-state index contributed by atoms with van der Waals surface area (Å²) in [4.78, 5) is 27.8. The molecule has 1 saturated heterocycles. The Bertz CT molecular complexity index is 573. The van der Waals surface area contributed by atoms with Gasteiger partial charge in [-0.15, -0.1) is 13.2 Å². The van der Waals surface area contributed by atoms with Crippen LogP contribution < -0.4 is 4.90 Å². The lowest BCUT2D eigenvalue weighted by Crippen LogP contribution is -2.37. The molecule has 0 radical (unpaired) electrons. The van der Waals surface area contributed by atoms with Gasteiger partial charge in [0, 0.05) is 31.7 Å². The molecule has 0 aromatic heterocycles. The first kappa shape index (κ1) is 15.9. The number of nitrogens with zero attached hydrogens (tertiary/aromatic N) is 2. The summed E-state index contributed by atoms with van der Waals surface area (Å²) in [6.07, 6.45) is 3.47. The minimum Gasteiger partial charge on any atom is -0.335 e. The quantitative estimate of drug-likeness (QED) is 0.757. The van der Waals surface area contributed by atoms with Crippen molar-refractivity contribution in [2.45, 2.75) is 6.42 Å². The highest BCUT2D eigenvalue weighted by Crippen LogP contribution is 2.26. The second-order valence-corrected chi connectivity index (χ2v) is 5.20. The standard InChI is InChI=1S/C17H19FN2O2/c1-3-9-19(10-4-2)17(22)13-11-16(21)20(12-13)15-7-5-14(18)6-8-15/h3-8,13H,1-2,9-12H2/t13-/m0/s1. The molecule has 0 saturated carbocycles. The highest BCUT2D eigenvalue weighted by Gasteiger charge is 2.36. The summed E-state index contributed by atoms with van der Waals surface area (Å²) in [5, 5.41) is 0. The van der Waals surface area contributed by atoms with Crippen molar-refractivity contribution < 1.29 is 14.0 Å². The van der Waals surface area contributed by atoms with Crippen molar-refractivity contribution in [3.8, 4) is 0 Å². The van der Waals surface area contributed by atoms with E-state index in [1.54, 1.807) is 29.2 Å². The fourth-order valence-electron chi connectivity index (χ4n) is 2.57. The lowest BCUT2D eigenvalue weighted by atomic mass is 10.1. The van der Waals surface area contributed by atoms with Crippen LogP contribution >= 0.6 is 0 Å². The van der Waals surface area contributed by atoms with Gasteiger partial charge in [-0.05, 0) is 24.3 Å². The van der Waals surface area contributed by atoms with Crippen LogP contribution in [0, 0.1) is 11.7 Å². The molecule has 1 aromatic carbocycles. The van der Waals surface area contributed by atoms with E-state index in [0.29, 0.717) is 25.3 Å². The number of rotatable bonds is 6. The SMILES string of the molecule is C=CCN(CC=C)C(=O)[C@H]1CC(=O)N(c2ccc(F)cc2)C1. The van der Waals surface area contributed by atoms with Crippen LogP contribution in [0.3, 0.4) is 0 Å². The topological polar surface area (TPSA) is 40.6 Å². The van der Waals surface area contributed by atoms with E-state index >= 15 is 0 Å². The molecule has 116 valence electrons. The number of halogens is 1. The number of anilines is 1. The van der Waals surface area contributed by atoms with Crippen molar-refractivity contribution in [2.75, 3.05) is 24.5 Å². The molecular weight excluding hydrogens is 283 g/mol. The monoisotopic (exact) mass is 302 g/mol. The Morgan fingerprint density at radius 1 is 1.27 bits per heavy atom. The van der Waals surface area contributed by atoms with E-state index in [4.69, 9.17) is 0 Å². The van der Waals surface area contributed by atoms with Gasteiger partial charge in [-0.25, -0.2) is 4.39 Å². The van der Waals surface area contributed by atoms with E-state index in [2.05, 4.69) is 13.2 Å². The Hall–Kier alpha value is -2.43. The zero-order valence-electron chi connectivity index (χ0n) is 12.4. The lowest BCUT2D eigenvalue weighted by Gasteiger charge is -2.23. The zero-order chi connectivity index (χ0) is 16.1. The maximum Gasteiger partial charge on any atom is 0.228 e. The number of carbonyl (C=O) groups excluding carboxylic acids is 2. The van der Waals surface area contributed by atoms with Crippen LogP contribution in [-0.2, 0) is 9.59 Å². The molecule has 5 heteroatoms. The van der Waals surface area contributed by atoms with Gasteiger partial charge in [-0.2, -0.15) is 0 Å². The van der Waals surface area contributed by atoms with Gasteiger partial charge in [0.1, 0.15) is 5.82 Å². The van der Waals surface area contributed by atoms with Crippen LogP contribution in [0.2, 0.25) is 0 Å². The van der Waals surface area contributed by atoms with Gasteiger partial charge in [0.05, 0.1) is 5.92 Å². The number of carbonyl (C=O) groups is 2. The highest BCUT2D eigenvalue weighted by molar-refractivity contribution is 6.00. The predicted octanol–water partition coefficient (Wildman–Crippen LogP) is 2.38. The van der Waals surface area contributed by atoms with E-state index in [1.807, 2.05) is 0 Å². The molecule has 0 bridgehead atoms. The van der Waals surface area contributed by atoms with Crippen molar-refractivity contribution in [3.63, 3.8) is 0 Å². The van der Waals surface area contributed by atoms with Crippen molar-refractivity contribution >= 4 is 17.5 Å². The summed E-state index contributed by atoms with van der Waals surface area (Å²) in [5.41, 5.74) is 0.612. The molecular formula is C17H19FN2O2. The third kappa shape index (κ3) is 3.42. The smallest absolute Gasteiger partial charge is 0.228 e. The first-order valence-electron chi connectivity index (χ1n) is 7.13. The van der Waals surface area contributed by atoms with Gasteiger partial charge in [-0.3, -0.25) is 9.59 Å². The molecule has 1 aromatic rings. The van der Waals surface area contributed by atoms with Crippen LogP contribution in [0.15, 0.2) is 49.6 Å². The molecule has 1 heterocycles. The Kier molecular flexibility index (Phi) is 5.09. The minimum atomic E-state index is -0.391.